The number of ether oxygens (including phenoxy) is 2. The molecule has 1 amide bonds. The zero-order valence-electron chi connectivity index (χ0n) is 18.0. The molecule has 1 saturated heterocycles. The van der Waals surface area contributed by atoms with E-state index in [0.717, 1.165) is 25.4 Å². The monoisotopic (exact) mass is 456 g/mol. The first-order valence-electron chi connectivity index (χ1n) is 11.3. The maximum absolute atomic E-state index is 13.0. The molecule has 2 heterocycles. The Bertz CT molecular complexity index is 1100. The second kappa shape index (κ2) is 8.65. The lowest BCUT2D eigenvalue weighted by molar-refractivity contribution is 0.0521. The predicted molar refractivity (Wildman–Crippen MR) is 121 cm³/mol. The van der Waals surface area contributed by atoms with Gasteiger partial charge in [-0.15, -0.1) is 0 Å². The Hall–Kier alpha value is -2.74. The van der Waals surface area contributed by atoms with Gasteiger partial charge in [-0.25, -0.2) is 8.42 Å². The topological polar surface area (TPSA) is 84.9 Å². The average molecular weight is 457 g/mol. The lowest BCUT2D eigenvalue weighted by Gasteiger charge is -2.41. The molecule has 32 heavy (non-hydrogen) atoms. The van der Waals surface area contributed by atoms with Crippen molar-refractivity contribution in [2.45, 2.75) is 37.0 Å². The van der Waals surface area contributed by atoms with Crippen molar-refractivity contribution in [3.8, 4) is 11.5 Å². The number of nitrogens with zero attached hydrogens (tertiary/aromatic N) is 1. The molecule has 1 aliphatic carbocycles. The van der Waals surface area contributed by atoms with Crippen LogP contribution >= 0.6 is 0 Å². The minimum Gasteiger partial charge on any atom is -0.486 e. The number of likely N-dealkylation sites (tertiary alicyclic amines) is 1. The van der Waals surface area contributed by atoms with Crippen molar-refractivity contribution in [2.24, 2.45) is 11.8 Å². The van der Waals surface area contributed by atoms with Crippen LogP contribution < -0.4 is 14.2 Å². The first-order chi connectivity index (χ1) is 15.5. The fourth-order valence-corrected chi connectivity index (χ4v) is 6.13. The molecule has 2 atom stereocenters. The van der Waals surface area contributed by atoms with E-state index in [-0.39, 0.29) is 10.8 Å². The number of sulfonamides is 1. The maximum atomic E-state index is 13.0. The van der Waals surface area contributed by atoms with Gasteiger partial charge >= 0.3 is 0 Å². The van der Waals surface area contributed by atoms with Crippen LogP contribution in [-0.4, -0.2) is 45.5 Å². The highest BCUT2D eigenvalue weighted by molar-refractivity contribution is 7.92. The van der Waals surface area contributed by atoms with E-state index in [4.69, 9.17) is 9.47 Å². The van der Waals surface area contributed by atoms with Crippen molar-refractivity contribution in [3.05, 3.63) is 48.0 Å². The quantitative estimate of drug-likeness (QED) is 0.754. The van der Waals surface area contributed by atoms with Crippen LogP contribution in [0.3, 0.4) is 0 Å². The number of nitrogens with one attached hydrogen (secondary N) is 1. The Labute approximate surface area is 188 Å². The molecule has 2 aromatic carbocycles. The van der Waals surface area contributed by atoms with E-state index in [2.05, 4.69) is 4.72 Å². The first kappa shape index (κ1) is 21.1. The molecule has 7 nitrogen and oxygen atoms in total. The van der Waals surface area contributed by atoms with Gasteiger partial charge in [-0.05, 0) is 61.1 Å². The third kappa shape index (κ3) is 4.28. The van der Waals surface area contributed by atoms with E-state index in [9.17, 15) is 13.2 Å². The minimum absolute atomic E-state index is 0.0234. The van der Waals surface area contributed by atoms with Crippen LogP contribution in [0.4, 0.5) is 5.69 Å². The Morgan fingerprint density at radius 1 is 0.906 bits per heavy atom. The van der Waals surface area contributed by atoms with Crippen LogP contribution in [0.15, 0.2) is 47.4 Å². The number of hydrogen-bond donors (Lipinski definition) is 1. The molecule has 2 aromatic rings. The fraction of sp³-hybridized carbons (Fsp3) is 0.458. The van der Waals surface area contributed by atoms with Gasteiger partial charge in [0, 0.05) is 30.4 Å². The van der Waals surface area contributed by atoms with Crippen molar-refractivity contribution in [1.29, 1.82) is 0 Å². The molecule has 2 fully saturated rings. The summed E-state index contributed by atoms with van der Waals surface area (Å²) >= 11 is 0. The van der Waals surface area contributed by atoms with Crippen LogP contribution in [-0.2, 0) is 10.0 Å². The van der Waals surface area contributed by atoms with E-state index < -0.39 is 10.0 Å². The number of benzene rings is 2. The smallest absolute Gasteiger partial charge is 0.262 e. The molecule has 3 aliphatic rings. The van der Waals surface area contributed by atoms with Crippen molar-refractivity contribution in [1.82, 2.24) is 4.90 Å². The number of rotatable bonds is 4. The zero-order chi connectivity index (χ0) is 22.1. The molecule has 0 bridgehead atoms. The summed E-state index contributed by atoms with van der Waals surface area (Å²) in [6, 6.07) is 11.2. The van der Waals surface area contributed by atoms with Gasteiger partial charge in [-0.2, -0.15) is 0 Å². The van der Waals surface area contributed by atoms with E-state index in [1.165, 1.54) is 37.8 Å². The van der Waals surface area contributed by atoms with Crippen LogP contribution in [0, 0.1) is 11.8 Å². The van der Waals surface area contributed by atoms with E-state index >= 15 is 0 Å². The third-order valence-corrected chi connectivity index (χ3v) is 8.17. The van der Waals surface area contributed by atoms with Crippen molar-refractivity contribution in [3.63, 3.8) is 0 Å². The van der Waals surface area contributed by atoms with Crippen LogP contribution in [0.1, 0.15) is 42.5 Å². The summed E-state index contributed by atoms with van der Waals surface area (Å²) in [6.07, 6.45) is 6.18. The normalized spacial score (nSPS) is 22.7. The lowest BCUT2D eigenvalue weighted by Crippen LogP contribution is -2.44. The summed E-state index contributed by atoms with van der Waals surface area (Å²) in [7, 11) is -3.79. The summed E-state index contributed by atoms with van der Waals surface area (Å²) in [5, 5.41) is 0. The number of fused-ring (bicyclic) bond motifs is 2. The fourth-order valence-electron chi connectivity index (χ4n) is 5.05. The summed E-state index contributed by atoms with van der Waals surface area (Å²) in [5.41, 5.74) is 0.990. The van der Waals surface area contributed by atoms with E-state index in [1.807, 2.05) is 4.90 Å². The van der Waals surface area contributed by atoms with Crippen LogP contribution in [0.25, 0.3) is 0 Å². The molecule has 0 spiro atoms. The number of anilines is 1. The average Bonchev–Trinajstić information content (AvgIpc) is 2.83. The van der Waals surface area contributed by atoms with Crippen LogP contribution in [0.2, 0.25) is 0 Å². The van der Waals surface area contributed by atoms with Gasteiger partial charge in [0.25, 0.3) is 15.9 Å². The molecule has 0 radical (unpaired) electrons. The molecule has 0 unspecified atom stereocenters. The zero-order valence-corrected chi connectivity index (χ0v) is 18.8. The van der Waals surface area contributed by atoms with Gasteiger partial charge in [-0.3, -0.25) is 9.52 Å². The van der Waals surface area contributed by atoms with Gasteiger partial charge in [0.15, 0.2) is 11.5 Å². The molecular weight excluding hydrogens is 428 g/mol. The largest absolute Gasteiger partial charge is 0.486 e. The highest BCUT2D eigenvalue weighted by Crippen LogP contribution is 2.36. The summed E-state index contributed by atoms with van der Waals surface area (Å²) in [4.78, 5) is 15.0. The van der Waals surface area contributed by atoms with Crippen molar-refractivity contribution in [2.75, 3.05) is 31.0 Å². The molecule has 2 aliphatic heterocycles. The standard InChI is InChI=1S/C24H28N2O5S/c27-24(26-12-11-17-3-1-2-4-19(17)16-26)18-5-7-20(8-6-18)25-32(28,29)21-9-10-22-23(15-21)31-14-13-30-22/h5-10,15,17,19,25H,1-4,11-14,16H2/t17-,19+/m1/s1. The predicted octanol–water partition coefficient (Wildman–Crippen LogP) is 3.91. The second-order valence-electron chi connectivity index (χ2n) is 8.83. The highest BCUT2D eigenvalue weighted by atomic mass is 32.2. The number of piperidine rings is 1. The molecular formula is C24H28N2O5S. The first-order valence-corrected chi connectivity index (χ1v) is 12.8. The minimum atomic E-state index is -3.79. The Kier molecular flexibility index (Phi) is 5.71. The van der Waals surface area contributed by atoms with Gasteiger partial charge in [0.05, 0.1) is 4.90 Å². The second-order valence-corrected chi connectivity index (χ2v) is 10.5. The Morgan fingerprint density at radius 3 is 2.41 bits per heavy atom. The summed E-state index contributed by atoms with van der Waals surface area (Å²) in [6.45, 7) is 2.47. The molecule has 0 aromatic heterocycles. The van der Waals surface area contributed by atoms with Crippen LogP contribution in [0.5, 0.6) is 11.5 Å². The Balaban J connectivity index is 1.26. The Morgan fingerprint density at radius 2 is 1.62 bits per heavy atom. The van der Waals surface area contributed by atoms with Gasteiger partial charge < -0.3 is 14.4 Å². The van der Waals surface area contributed by atoms with E-state index in [1.54, 1.807) is 30.3 Å². The van der Waals surface area contributed by atoms with Gasteiger partial charge in [0.1, 0.15) is 13.2 Å². The number of carbonyl (C=O) groups is 1. The van der Waals surface area contributed by atoms with Crippen molar-refractivity contribution >= 4 is 21.6 Å². The number of hydrogen-bond acceptors (Lipinski definition) is 5. The summed E-state index contributed by atoms with van der Waals surface area (Å²) in [5.74, 6) is 2.37. The lowest BCUT2D eigenvalue weighted by atomic mass is 9.75. The molecule has 1 N–H and O–H groups in total. The maximum Gasteiger partial charge on any atom is 0.262 e. The van der Waals surface area contributed by atoms with E-state index in [0.29, 0.717) is 41.9 Å². The third-order valence-electron chi connectivity index (χ3n) is 6.79. The molecule has 8 heteroatoms. The molecule has 1 saturated carbocycles. The molecule has 5 rings (SSSR count). The number of carbonyl (C=O) groups excluding carboxylic acids is 1. The molecule has 170 valence electrons. The number of amides is 1. The van der Waals surface area contributed by atoms with Crippen molar-refractivity contribution < 1.29 is 22.7 Å². The summed E-state index contributed by atoms with van der Waals surface area (Å²) < 4.78 is 39.1. The SMILES string of the molecule is O=C(c1ccc(NS(=O)(=O)c2ccc3c(c2)OCCO3)cc1)N1CC[C@H]2CCCC[C@H]2C1. The highest BCUT2D eigenvalue weighted by Gasteiger charge is 2.33. The van der Waals surface area contributed by atoms with Gasteiger partial charge in [-0.1, -0.05) is 19.3 Å². The van der Waals surface area contributed by atoms with Gasteiger partial charge in [0.2, 0.25) is 0 Å².